The molecule has 0 bridgehead atoms. The van der Waals surface area contributed by atoms with Crippen LogP contribution in [0.2, 0.25) is 0 Å². The van der Waals surface area contributed by atoms with Crippen molar-refractivity contribution < 1.29 is 19.1 Å². The highest BCUT2D eigenvalue weighted by atomic mass is 16.6. The molecule has 0 aliphatic rings. The molecule has 0 atom stereocenters. The van der Waals surface area contributed by atoms with E-state index in [2.05, 4.69) is 20.7 Å². The molecule has 8 nitrogen and oxygen atoms in total. The third kappa shape index (κ3) is 4.61. The van der Waals surface area contributed by atoms with E-state index in [1.807, 2.05) is 6.07 Å². The second-order valence-electron chi connectivity index (χ2n) is 5.80. The number of esters is 1. The van der Waals surface area contributed by atoms with Crippen molar-refractivity contribution in [2.75, 3.05) is 7.11 Å². The molecule has 2 aromatic carbocycles. The van der Waals surface area contributed by atoms with Crippen molar-refractivity contribution in [3.05, 3.63) is 77.1 Å². The van der Waals surface area contributed by atoms with E-state index in [9.17, 15) is 9.59 Å². The summed E-state index contributed by atoms with van der Waals surface area (Å²) in [5.41, 5.74) is 4.50. The van der Waals surface area contributed by atoms with Gasteiger partial charge in [-0.3, -0.25) is 9.89 Å². The quantitative estimate of drug-likeness (QED) is 0.297. The normalized spacial score (nSPS) is 10.6. The largest absolute Gasteiger partial charge is 0.493 e. The van der Waals surface area contributed by atoms with Crippen LogP contribution in [-0.4, -0.2) is 35.4 Å². The van der Waals surface area contributed by atoms with Crippen molar-refractivity contribution in [3.8, 4) is 11.5 Å². The Labute approximate surface area is 161 Å². The number of H-pyrrole nitrogens is 1. The second-order valence-corrected chi connectivity index (χ2v) is 5.80. The Hall–Kier alpha value is -3.94. The fourth-order valence-corrected chi connectivity index (χ4v) is 2.34. The zero-order valence-corrected chi connectivity index (χ0v) is 15.3. The lowest BCUT2D eigenvalue weighted by atomic mass is 10.2. The topological polar surface area (TPSA) is 106 Å². The summed E-state index contributed by atoms with van der Waals surface area (Å²) in [7, 11) is 1.47. The molecule has 0 unspecified atom stereocenters. The number of ether oxygens (including phenoxy) is 2. The van der Waals surface area contributed by atoms with Crippen LogP contribution in [0.15, 0.2) is 59.7 Å². The highest BCUT2D eigenvalue weighted by Crippen LogP contribution is 2.28. The minimum Gasteiger partial charge on any atom is -0.493 e. The molecule has 0 saturated heterocycles. The SMILES string of the molecule is COc1cc(C=NNC(=O)c2cc(C)[nH]n2)ccc1OC(=O)c1ccccc1. The molecule has 3 aromatic rings. The molecule has 1 amide bonds. The Bertz CT molecular complexity index is 1010. The minimum atomic E-state index is -0.484. The molecule has 0 spiro atoms. The molecular weight excluding hydrogens is 360 g/mol. The van der Waals surface area contributed by atoms with Gasteiger partial charge in [0.15, 0.2) is 17.2 Å². The number of amides is 1. The van der Waals surface area contributed by atoms with Gasteiger partial charge in [-0.2, -0.15) is 10.2 Å². The fraction of sp³-hybridized carbons (Fsp3) is 0.100. The van der Waals surface area contributed by atoms with E-state index in [4.69, 9.17) is 9.47 Å². The maximum atomic E-state index is 12.2. The molecule has 0 aliphatic heterocycles. The molecule has 0 saturated carbocycles. The first-order valence-electron chi connectivity index (χ1n) is 8.37. The zero-order valence-electron chi connectivity index (χ0n) is 15.3. The Kier molecular flexibility index (Phi) is 5.81. The molecule has 0 radical (unpaired) electrons. The lowest BCUT2D eigenvalue weighted by molar-refractivity contribution is 0.0729. The molecule has 3 rings (SSSR count). The van der Waals surface area contributed by atoms with Gasteiger partial charge in [-0.15, -0.1) is 0 Å². The van der Waals surface area contributed by atoms with Crippen LogP contribution in [0.25, 0.3) is 0 Å². The summed E-state index contributed by atoms with van der Waals surface area (Å²) in [6, 6.07) is 15.2. The third-order valence-electron chi connectivity index (χ3n) is 3.72. The van der Waals surface area contributed by atoms with E-state index in [1.54, 1.807) is 55.5 Å². The van der Waals surface area contributed by atoms with Crippen molar-refractivity contribution in [2.24, 2.45) is 5.10 Å². The summed E-state index contributed by atoms with van der Waals surface area (Å²) in [6.45, 7) is 1.80. The van der Waals surface area contributed by atoms with Gasteiger partial charge in [-0.05, 0) is 48.9 Å². The van der Waals surface area contributed by atoms with Crippen LogP contribution < -0.4 is 14.9 Å². The molecule has 142 valence electrons. The molecule has 8 heteroatoms. The number of benzene rings is 2. The number of rotatable bonds is 6. The first-order chi connectivity index (χ1) is 13.6. The number of methoxy groups -OCH3 is 1. The summed E-state index contributed by atoms with van der Waals surface area (Å²) in [5, 5.41) is 10.4. The van der Waals surface area contributed by atoms with Crippen LogP contribution in [0.5, 0.6) is 11.5 Å². The lowest BCUT2D eigenvalue weighted by Crippen LogP contribution is -2.18. The van der Waals surface area contributed by atoms with E-state index >= 15 is 0 Å². The predicted molar refractivity (Wildman–Crippen MR) is 103 cm³/mol. The van der Waals surface area contributed by atoms with Crippen LogP contribution in [0, 0.1) is 6.92 Å². The summed E-state index contributed by atoms with van der Waals surface area (Å²) < 4.78 is 10.7. The van der Waals surface area contributed by atoms with E-state index in [-0.39, 0.29) is 11.4 Å². The summed E-state index contributed by atoms with van der Waals surface area (Å²) in [6.07, 6.45) is 1.45. The maximum absolute atomic E-state index is 12.2. The number of nitrogens with one attached hydrogen (secondary N) is 2. The standard InChI is InChI=1S/C20H18N4O4/c1-13-10-16(23-22-13)19(25)24-21-12-14-8-9-17(18(11-14)27-2)28-20(26)15-6-4-3-5-7-15/h3-12H,1-2H3,(H,22,23)(H,24,25). The van der Waals surface area contributed by atoms with Crippen molar-refractivity contribution in [1.82, 2.24) is 15.6 Å². The Morgan fingerprint density at radius 1 is 1.11 bits per heavy atom. The second kappa shape index (κ2) is 8.63. The Morgan fingerprint density at radius 2 is 1.89 bits per heavy atom. The predicted octanol–water partition coefficient (Wildman–Crippen LogP) is 2.71. The number of hydrogen-bond acceptors (Lipinski definition) is 6. The average molecular weight is 378 g/mol. The van der Waals surface area contributed by atoms with Crippen LogP contribution >= 0.6 is 0 Å². The maximum Gasteiger partial charge on any atom is 0.343 e. The summed E-state index contributed by atoms with van der Waals surface area (Å²) >= 11 is 0. The van der Waals surface area contributed by atoms with E-state index < -0.39 is 11.9 Å². The summed E-state index contributed by atoms with van der Waals surface area (Å²) in [4.78, 5) is 24.1. The van der Waals surface area contributed by atoms with Gasteiger partial charge in [0.05, 0.1) is 18.9 Å². The molecule has 28 heavy (non-hydrogen) atoms. The zero-order chi connectivity index (χ0) is 19.9. The average Bonchev–Trinajstić information content (AvgIpc) is 3.16. The van der Waals surface area contributed by atoms with Crippen LogP contribution in [0.4, 0.5) is 0 Å². The van der Waals surface area contributed by atoms with Crippen molar-refractivity contribution in [2.45, 2.75) is 6.92 Å². The Morgan fingerprint density at radius 3 is 2.57 bits per heavy atom. The molecule has 0 aliphatic carbocycles. The molecule has 2 N–H and O–H groups in total. The van der Waals surface area contributed by atoms with Gasteiger partial charge in [0, 0.05) is 5.69 Å². The smallest absolute Gasteiger partial charge is 0.343 e. The summed E-state index contributed by atoms with van der Waals surface area (Å²) in [5.74, 6) is -0.269. The fourth-order valence-electron chi connectivity index (χ4n) is 2.34. The molecular formula is C20H18N4O4. The van der Waals surface area contributed by atoms with Gasteiger partial charge >= 0.3 is 5.97 Å². The van der Waals surface area contributed by atoms with Gasteiger partial charge in [-0.25, -0.2) is 10.2 Å². The number of carbonyl (C=O) groups is 2. The first-order valence-corrected chi connectivity index (χ1v) is 8.37. The number of nitrogens with zero attached hydrogens (tertiary/aromatic N) is 2. The van der Waals surface area contributed by atoms with E-state index in [1.165, 1.54) is 13.3 Å². The van der Waals surface area contributed by atoms with Crippen molar-refractivity contribution >= 4 is 18.1 Å². The first kappa shape index (κ1) is 18.8. The highest BCUT2D eigenvalue weighted by molar-refractivity contribution is 5.93. The van der Waals surface area contributed by atoms with Crippen molar-refractivity contribution in [1.29, 1.82) is 0 Å². The monoisotopic (exact) mass is 378 g/mol. The number of aryl methyl sites for hydroxylation is 1. The number of aromatic amines is 1. The third-order valence-corrected chi connectivity index (χ3v) is 3.72. The van der Waals surface area contributed by atoms with Gasteiger partial charge in [0.2, 0.25) is 0 Å². The Balaban J connectivity index is 1.67. The van der Waals surface area contributed by atoms with Crippen LogP contribution in [0.1, 0.15) is 32.1 Å². The number of carbonyl (C=O) groups excluding carboxylic acids is 2. The van der Waals surface area contributed by atoms with Gasteiger partial charge in [0.25, 0.3) is 5.91 Å². The lowest BCUT2D eigenvalue weighted by Gasteiger charge is -2.09. The number of aromatic nitrogens is 2. The highest BCUT2D eigenvalue weighted by Gasteiger charge is 2.12. The van der Waals surface area contributed by atoms with Crippen molar-refractivity contribution in [3.63, 3.8) is 0 Å². The van der Waals surface area contributed by atoms with Gasteiger partial charge in [0.1, 0.15) is 0 Å². The van der Waals surface area contributed by atoms with Crippen LogP contribution in [-0.2, 0) is 0 Å². The molecule has 1 aromatic heterocycles. The van der Waals surface area contributed by atoms with E-state index in [0.717, 1.165) is 5.69 Å². The van der Waals surface area contributed by atoms with E-state index in [0.29, 0.717) is 16.9 Å². The van der Waals surface area contributed by atoms with Gasteiger partial charge < -0.3 is 9.47 Å². The molecule has 1 heterocycles. The van der Waals surface area contributed by atoms with Crippen LogP contribution in [0.3, 0.4) is 0 Å². The molecule has 0 fully saturated rings. The number of hydrogen-bond donors (Lipinski definition) is 2. The number of hydrazone groups is 1. The van der Waals surface area contributed by atoms with Gasteiger partial charge in [-0.1, -0.05) is 18.2 Å². The minimum absolute atomic E-state index is 0.246.